The number of benzene rings is 1. The van der Waals surface area contributed by atoms with Crippen LogP contribution in [-0.4, -0.2) is 13.2 Å². The van der Waals surface area contributed by atoms with Crippen molar-refractivity contribution in [3.8, 4) is 5.75 Å². The molecule has 0 saturated carbocycles. The third kappa shape index (κ3) is 3.56. The fourth-order valence-corrected chi connectivity index (χ4v) is 1.54. The van der Waals surface area contributed by atoms with Gasteiger partial charge in [0.1, 0.15) is 5.75 Å². The molecule has 0 aliphatic heterocycles. The molecule has 0 atom stereocenters. The maximum absolute atomic E-state index is 5.69. The molecule has 2 N–H and O–H groups in total. The number of aryl methyl sites for hydroxylation is 2. The molecule has 1 aromatic rings. The summed E-state index contributed by atoms with van der Waals surface area (Å²) in [5.74, 6) is 1.02. The van der Waals surface area contributed by atoms with Crippen LogP contribution >= 0.6 is 0 Å². The Morgan fingerprint density at radius 2 is 2.00 bits per heavy atom. The lowest BCUT2D eigenvalue weighted by Crippen LogP contribution is -2.07. The highest BCUT2D eigenvalue weighted by Crippen LogP contribution is 2.21. The third-order valence-electron chi connectivity index (χ3n) is 2.52. The van der Waals surface area contributed by atoms with Gasteiger partial charge in [0, 0.05) is 0 Å². The zero-order chi connectivity index (χ0) is 11.1. The van der Waals surface area contributed by atoms with E-state index >= 15 is 0 Å². The van der Waals surface area contributed by atoms with Gasteiger partial charge in [-0.2, -0.15) is 0 Å². The minimum Gasteiger partial charge on any atom is -0.493 e. The fourth-order valence-electron chi connectivity index (χ4n) is 1.54. The topological polar surface area (TPSA) is 35.2 Å². The van der Waals surface area contributed by atoms with Crippen molar-refractivity contribution in [2.75, 3.05) is 13.2 Å². The van der Waals surface area contributed by atoms with Crippen molar-refractivity contribution in [2.24, 2.45) is 5.73 Å². The molecule has 0 amide bonds. The summed E-state index contributed by atoms with van der Waals surface area (Å²) in [7, 11) is 0. The first-order chi connectivity index (χ1) is 7.31. The molecule has 2 heteroatoms. The van der Waals surface area contributed by atoms with E-state index in [-0.39, 0.29) is 0 Å². The van der Waals surface area contributed by atoms with Crippen molar-refractivity contribution in [3.63, 3.8) is 0 Å². The van der Waals surface area contributed by atoms with Crippen LogP contribution in [0.25, 0.3) is 0 Å². The van der Waals surface area contributed by atoms with Crippen LogP contribution in [0.3, 0.4) is 0 Å². The summed E-state index contributed by atoms with van der Waals surface area (Å²) in [6.45, 7) is 5.73. The first kappa shape index (κ1) is 12.1. The average molecular weight is 207 g/mol. The van der Waals surface area contributed by atoms with E-state index in [0.29, 0.717) is 6.54 Å². The molecule has 84 valence electrons. The smallest absolute Gasteiger partial charge is 0.122 e. The lowest BCUT2D eigenvalue weighted by Gasteiger charge is -2.11. The van der Waals surface area contributed by atoms with E-state index in [1.165, 1.54) is 11.1 Å². The average Bonchev–Trinajstić information content (AvgIpc) is 2.29. The van der Waals surface area contributed by atoms with Gasteiger partial charge in [-0.1, -0.05) is 26.0 Å². The van der Waals surface area contributed by atoms with Crippen molar-refractivity contribution >= 4 is 0 Å². The van der Waals surface area contributed by atoms with E-state index in [4.69, 9.17) is 10.5 Å². The van der Waals surface area contributed by atoms with E-state index < -0.39 is 0 Å². The van der Waals surface area contributed by atoms with Gasteiger partial charge in [-0.3, -0.25) is 0 Å². The number of hydrogen-bond acceptors (Lipinski definition) is 2. The fraction of sp³-hybridized carbons (Fsp3) is 0.538. The van der Waals surface area contributed by atoms with E-state index in [9.17, 15) is 0 Å². The summed E-state index contributed by atoms with van der Waals surface area (Å²) in [6, 6.07) is 6.45. The van der Waals surface area contributed by atoms with Crippen molar-refractivity contribution in [1.29, 1.82) is 0 Å². The number of nitrogens with two attached hydrogens (primary N) is 1. The highest BCUT2D eigenvalue weighted by atomic mass is 16.5. The van der Waals surface area contributed by atoms with Gasteiger partial charge >= 0.3 is 0 Å². The zero-order valence-electron chi connectivity index (χ0n) is 9.75. The predicted octanol–water partition coefficient (Wildman–Crippen LogP) is 2.54. The normalized spacial score (nSPS) is 10.3. The van der Waals surface area contributed by atoms with Crippen molar-refractivity contribution in [3.05, 3.63) is 29.3 Å². The summed E-state index contributed by atoms with van der Waals surface area (Å²) in [4.78, 5) is 0. The van der Waals surface area contributed by atoms with Crippen LogP contribution < -0.4 is 10.5 Å². The van der Waals surface area contributed by atoms with Gasteiger partial charge in [0.05, 0.1) is 6.61 Å². The Labute approximate surface area is 92.4 Å². The van der Waals surface area contributed by atoms with Crippen LogP contribution in [0.2, 0.25) is 0 Å². The lowest BCUT2D eigenvalue weighted by molar-refractivity contribution is 0.310. The molecule has 0 aromatic heterocycles. The Morgan fingerprint density at radius 1 is 1.20 bits per heavy atom. The number of rotatable bonds is 6. The number of hydrogen-bond donors (Lipinski definition) is 1. The minimum atomic E-state index is 0.689. The van der Waals surface area contributed by atoms with Crippen molar-refractivity contribution < 1.29 is 4.74 Å². The highest BCUT2D eigenvalue weighted by molar-refractivity contribution is 5.37. The first-order valence-electron chi connectivity index (χ1n) is 5.76. The lowest BCUT2D eigenvalue weighted by atomic mass is 10.1. The van der Waals surface area contributed by atoms with Gasteiger partial charge < -0.3 is 10.5 Å². The highest BCUT2D eigenvalue weighted by Gasteiger charge is 2.02. The van der Waals surface area contributed by atoms with Gasteiger partial charge in [-0.05, 0) is 43.0 Å². The first-order valence-corrected chi connectivity index (χ1v) is 5.76. The Balaban J connectivity index is 2.69. The summed E-state index contributed by atoms with van der Waals surface area (Å²) in [5, 5.41) is 0. The Morgan fingerprint density at radius 3 is 2.60 bits per heavy atom. The second-order valence-electron chi connectivity index (χ2n) is 3.64. The molecular formula is C13H21NO. The molecule has 0 aliphatic rings. The molecule has 0 saturated heterocycles. The molecule has 0 heterocycles. The molecule has 2 nitrogen and oxygen atoms in total. The van der Waals surface area contributed by atoms with Crippen molar-refractivity contribution in [2.45, 2.75) is 33.1 Å². The second kappa shape index (κ2) is 6.46. The van der Waals surface area contributed by atoms with Crippen LogP contribution in [0, 0.1) is 0 Å². The minimum absolute atomic E-state index is 0.689. The van der Waals surface area contributed by atoms with Crippen LogP contribution in [0.5, 0.6) is 5.75 Å². The van der Waals surface area contributed by atoms with Gasteiger partial charge in [0.25, 0.3) is 0 Å². The Kier molecular flexibility index (Phi) is 5.19. The molecule has 0 radical (unpaired) electrons. The third-order valence-corrected chi connectivity index (χ3v) is 2.52. The molecule has 0 unspecified atom stereocenters. The van der Waals surface area contributed by atoms with Crippen LogP contribution in [-0.2, 0) is 12.8 Å². The molecule has 0 aliphatic carbocycles. The SMILES string of the molecule is CCc1ccc(OCCCN)c(CC)c1. The van der Waals surface area contributed by atoms with Crippen molar-refractivity contribution in [1.82, 2.24) is 0 Å². The standard InChI is InChI=1S/C13H21NO/c1-3-11-6-7-13(12(4-2)10-11)15-9-5-8-14/h6-7,10H,3-5,8-9,14H2,1-2H3. The predicted molar refractivity (Wildman–Crippen MR) is 64.4 cm³/mol. The molecule has 1 aromatic carbocycles. The van der Waals surface area contributed by atoms with Gasteiger partial charge in [-0.25, -0.2) is 0 Å². The number of ether oxygens (including phenoxy) is 1. The molecule has 0 bridgehead atoms. The van der Waals surface area contributed by atoms with E-state index in [1.807, 2.05) is 0 Å². The van der Waals surface area contributed by atoms with Crippen LogP contribution in [0.1, 0.15) is 31.4 Å². The molecule has 0 spiro atoms. The zero-order valence-corrected chi connectivity index (χ0v) is 9.75. The second-order valence-corrected chi connectivity index (χ2v) is 3.64. The molecule has 15 heavy (non-hydrogen) atoms. The maximum Gasteiger partial charge on any atom is 0.122 e. The molecule has 1 rings (SSSR count). The summed E-state index contributed by atoms with van der Waals surface area (Å²) in [5.41, 5.74) is 8.10. The monoisotopic (exact) mass is 207 g/mol. The maximum atomic E-state index is 5.69. The van der Waals surface area contributed by atoms with Crippen LogP contribution in [0.15, 0.2) is 18.2 Å². The van der Waals surface area contributed by atoms with E-state index in [1.54, 1.807) is 0 Å². The quantitative estimate of drug-likeness (QED) is 0.727. The van der Waals surface area contributed by atoms with Gasteiger partial charge in [0.15, 0.2) is 0 Å². The summed E-state index contributed by atoms with van der Waals surface area (Å²) in [6.07, 6.45) is 3.01. The van der Waals surface area contributed by atoms with Gasteiger partial charge in [0.2, 0.25) is 0 Å². The summed E-state index contributed by atoms with van der Waals surface area (Å²) >= 11 is 0. The largest absolute Gasteiger partial charge is 0.493 e. The van der Waals surface area contributed by atoms with Crippen LogP contribution in [0.4, 0.5) is 0 Å². The molecular weight excluding hydrogens is 186 g/mol. The van der Waals surface area contributed by atoms with E-state index in [2.05, 4.69) is 32.0 Å². The Hall–Kier alpha value is -1.02. The van der Waals surface area contributed by atoms with E-state index in [0.717, 1.165) is 31.6 Å². The molecule has 0 fully saturated rings. The Bertz CT molecular complexity index is 297. The van der Waals surface area contributed by atoms with Gasteiger partial charge in [-0.15, -0.1) is 0 Å². The summed E-state index contributed by atoms with van der Waals surface area (Å²) < 4.78 is 5.69.